The van der Waals surface area contributed by atoms with E-state index < -0.39 is 0 Å². The number of rotatable bonds is 2. The second kappa shape index (κ2) is 7.35. The highest BCUT2D eigenvalue weighted by Gasteiger charge is 2.28. The summed E-state index contributed by atoms with van der Waals surface area (Å²) in [6.45, 7) is 7.33. The van der Waals surface area contributed by atoms with Crippen molar-refractivity contribution in [2.45, 2.75) is 45.3 Å². The number of piperazine rings is 1. The van der Waals surface area contributed by atoms with Gasteiger partial charge in [0.25, 0.3) is 0 Å². The van der Waals surface area contributed by atoms with E-state index in [1.807, 2.05) is 35.0 Å². The number of Topliss-reactive ketones (excluding diaryl/α,β-unsaturated/α-hetero) is 1. The summed E-state index contributed by atoms with van der Waals surface area (Å²) in [5.41, 5.74) is 5.65. The molecule has 4 heterocycles. The van der Waals surface area contributed by atoms with Crippen LogP contribution in [0.3, 0.4) is 0 Å². The summed E-state index contributed by atoms with van der Waals surface area (Å²) in [6.07, 6.45) is 10.6. The summed E-state index contributed by atoms with van der Waals surface area (Å²) in [4.78, 5) is 25.1. The quantitative estimate of drug-likeness (QED) is 0.858. The molecule has 6 nitrogen and oxygen atoms in total. The van der Waals surface area contributed by atoms with Gasteiger partial charge in [-0.25, -0.2) is 4.98 Å². The van der Waals surface area contributed by atoms with Crippen molar-refractivity contribution < 1.29 is 4.79 Å². The Balaban J connectivity index is 1.45. The van der Waals surface area contributed by atoms with Crippen molar-refractivity contribution in [3.8, 4) is 0 Å². The molecule has 0 spiro atoms. The SMILES string of the molecule is Cc1ccc2nc(C3=CC4=CCC(N5CCN[C@@H](C)C5)N=C4CCC3=O)cn2c1. The smallest absolute Gasteiger partial charge is 0.165 e. The van der Waals surface area contributed by atoms with E-state index in [1.54, 1.807) is 0 Å². The van der Waals surface area contributed by atoms with Crippen molar-refractivity contribution in [2.75, 3.05) is 19.6 Å². The lowest BCUT2D eigenvalue weighted by Crippen LogP contribution is -2.52. The van der Waals surface area contributed by atoms with Gasteiger partial charge in [0.15, 0.2) is 5.78 Å². The standard InChI is InChI=1S/C23H27N5O/c1-15-3-7-23-26-20(14-28(23)12-15)18-11-17-4-8-22(25-19(17)5-6-21(18)29)27-10-9-24-16(2)13-27/h3-4,7,11-12,14,16,22,24H,5-6,8-10,13H2,1-2H3/t16-,22?/m0/s1. The molecule has 29 heavy (non-hydrogen) atoms. The number of ketones is 1. The average Bonchev–Trinajstić information content (AvgIpc) is 3.05. The molecule has 1 fully saturated rings. The number of aromatic nitrogens is 2. The molecule has 3 aliphatic rings. The van der Waals surface area contributed by atoms with E-state index >= 15 is 0 Å². The van der Waals surface area contributed by atoms with E-state index in [-0.39, 0.29) is 11.9 Å². The highest BCUT2D eigenvalue weighted by atomic mass is 16.1. The Morgan fingerprint density at radius 1 is 1.21 bits per heavy atom. The van der Waals surface area contributed by atoms with Gasteiger partial charge in [-0.2, -0.15) is 0 Å². The van der Waals surface area contributed by atoms with Crippen molar-refractivity contribution in [1.29, 1.82) is 0 Å². The average molecular weight is 390 g/mol. The number of pyridine rings is 1. The maximum absolute atomic E-state index is 12.9. The molecule has 0 saturated carbocycles. The maximum Gasteiger partial charge on any atom is 0.165 e. The summed E-state index contributed by atoms with van der Waals surface area (Å²) >= 11 is 0. The predicted octanol–water partition coefficient (Wildman–Crippen LogP) is 2.78. The fourth-order valence-corrected chi connectivity index (χ4v) is 4.52. The first kappa shape index (κ1) is 18.5. The van der Waals surface area contributed by atoms with Crippen molar-refractivity contribution in [1.82, 2.24) is 19.6 Å². The molecule has 150 valence electrons. The first-order valence-corrected chi connectivity index (χ1v) is 10.5. The van der Waals surface area contributed by atoms with Gasteiger partial charge in [0.05, 0.1) is 5.69 Å². The second-order valence-electron chi connectivity index (χ2n) is 8.38. The summed E-state index contributed by atoms with van der Waals surface area (Å²) in [5, 5.41) is 3.49. The molecule has 1 saturated heterocycles. The van der Waals surface area contributed by atoms with E-state index in [9.17, 15) is 4.79 Å². The lowest BCUT2D eigenvalue weighted by molar-refractivity contribution is -0.113. The number of hydrogen-bond donors (Lipinski definition) is 1. The normalized spacial score (nSPS) is 25.9. The van der Waals surface area contributed by atoms with E-state index in [4.69, 9.17) is 9.98 Å². The number of aliphatic imine (C=N–C) groups is 1. The molecule has 1 unspecified atom stereocenters. The van der Waals surface area contributed by atoms with E-state index in [1.165, 1.54) is 5.56 Å². The fourth-order valence-electron chi connectivity index (χ4n) is 4.52. The zero-order valence-electron chi connectivity index (χ0n) is 17.1. The maximum atomic E-state index is 12.9. The van der Waals surface area contributed by atoms with Crippen LogP contribution in [0.4, 0.5) is 0 Å². The lowest BCUT2D eigenvalue weighted by Gasteiger charge is -2.37. The summed E-state index contributed by atoms with van der Waals surface area (Å²) in [7, 11) is 0. The number of nitrogens with zero attached hydrogens (tertiary/aromatic N) is 4. The highest BCUT2D eigenvalue weighted by molar-refractivity contribution is 6.25. The Kier molecular flexibility index (Phi) is 4.68. The molecule has 1 aliphatic carbocycles. The van der Waals surface area contributed by atoms with Crippen molar-refractivity contribution in [2.24, 2.45) is 4.99 Å². The van der Waals surface area contributed by atoms with Crippen LogP contribution in [0.2, 0.25) is 0 Å². The molecule has 0 bridgehead atoms. The van der Waals surface area contributed by atoms with Crippen LogP contribution in [0.5, 0.6) is 0 Å². The summed E-state index contributed by atoms with van der Waals surface area (Å²) < 4.78 is 2.00. The zero-order chi connectivity index (χ0) is 20.0. The second-order valence-corrected chi connectivity index (χ2v) is 8.38. The number of carbonyl (C=O) groups excluding carboxylic acids is 1. The molecular formula is C23H27N5O. The number of hydrogen-bond acceptors (Lipinski definition) is 5. The molecule has 1 N–H and O–H groups in total. The van der Waals surface area contributed by atoms with Gasteiger partial charge in [0, 0.05) is 62.2 Å². The zero-order valence-corrected chi connectivity index (χ0v) is 17.1. The largest absolute Gasteiger partial charge is 0.312 e. The molecule has 0 amide bonds. The number of nitrogens with one attached hydrogen (secondary N) is 1. The van der Waals surface area contributed by atoms with Gasteiger partial charge < -0.3 is 9.72 Å². The monoisotopic (exact) mass is 389 g/mol. The Morgan fingerprint density at radius 3 is 2.97 bits per heavy atom. The molecule has 5 rings (SSSR count). The molecular weight excluding hydrogens is 362 g/mol. The van der Waals surface area contributed by atoms with Crippen LogP contribution in [-0.4, -0.2) is 57.6 Å². The number of carbonyl (C=O) groups is 1. The van der Waals surface area contributed by atoms with Crippen LogP contribution in [0.1, 0.15) is 37.4 Å². The first-order valence-electron chi connectivity index (χ1n) is 10.5. The first-order chi connectivity index (χ1) is 14.1. The van der Waals surface area contributed by atoms with Gasteiger partial charge in [-0.3, -0.25) is 14.7 Å². The third kappa shape index (κ3) is 3.58. The number of dihydropyridines is 1. The Hall–Kier alpha value is -2.57. The van der Waals surface area contributed by atoms with Crippen LogP contribution in [-0.2, 0) is 4.79 Å². The Morgan fingerprint density at radius 2 is 2.10 bits per heavy atom. The predicted molar refractivity (Wildman–Crippen MR) is 115 cm³/mol. The van der Waals surface area contributed by atoms with Gasteiger partial charge in [0.2, 0.25) is 0 Å². The molecule has 2 aliphatic heterocycles. The molecule has 2 atom stereocenters. The number of aryl methyl sites for hydroxylation is 1. The lowest BCUT2D eigenvalue weighted by atomic mass is 10.0. The topological polar surface area (TPSA) is 62.0 Å². The van der Waals surface area contributed by atoms with Crippen LogP contribution < -0.4 is 5.32 Å². The van der Waals surface area contributed by atoms with Crippen LogP contribution in [0.25, 0.3) is 11.2 Å². The molecule has 0 aromatic carbocycles. The third-order valence-electron chi connectivity index (χ3n) is 6.07. The molecule has 0 radical (unpaired) electrons. The fraction of sp³-hybridized carbons (Fsp3) is 0.435. The van der Waals surface area contributed by atoms with Crippen molar-refractivity contribution in [3.63, 3.8) is 0 Å². The van der Waals surface area contributed by atoms with Crippen molar-refractivity contribution >= 4 is 22.7 Å². The molecule has 2 aromatic rings. The number of allylic oxidation sites excluding steroid dienone is 3. The third-order valence-corrected chi connectivity index (χ3v) is 6.07. The minimum Gasteiger partial charge on any atom is -0.312 e. The summed E-state index contributed by atoms with van der Waals surface area (Å²) in [6, 6.07) is 4.53. The van der Waals surface area contributed by atoms with Gasteiger partial charge in [0.1, 0.15) is 11.8 Å². The minimum absolute atomic E-state index is 0.149. The number of imidazole rings is 1. The molecule has 6 heteroatoms. The van der Waals surface area contributed by atoms with Crippen LogP contribution in [0.15, 0.2) is 47.2 Å². The van der Waals surface area contributed by atoms with E-state index in [0.717, 1.165) is 48.7 Å². The summed E-state index contributed by atoms with van der Waals surface area (Å²) in [5.74, 6) is 0.149. The highest BCUT2D eigenvalue weighted by Crippen LogP contribution is 2.29. The van der Waals surface area contributed by atoms with Gasteiger partial charge >= 0.3 is 0 Å². The van der Waals surface area contributed by atoms with E-state index in [0.29, 0.717) is 24.5 Å². The van der Waals surface area contributed by atoms with Crippen LogP contribution >= 0.6 is 0 Å². The van der Waals surface area contributed by atoms with Gasteiger partial charge in [-0.1, -0.05) is 12.1 Å². The Labute approximate surface area is 171 Å². The van der Waals surface area contributed by atoms with Gasteiger partial charge in [-0.15, -0.1) is 0 Å². The minimum atomic E-state index is 0.149. The van der Waals surface area contributed by atoms with Gasteiger partial charge in [-0.05, 0) is 43.5 Å². The Bertz CT molecular complexity index is 1060. The molecule has 2 aromatic heterocycles. The van der Waals surface area contributed by atoms with Crippen molar-refractivity contribution in [3.05, 3.63) is 53.5 Å². The van der Waals surface area contributed by atoms with Crippen LogP contribution in [0, 0.1) is 6.92 Å². The number of fused-ring (bicyclic) bond motifs is 2. The van der Waals surface area contributed by atoms with E-state index in [2.05, 4.69) is 30.1 Å².